The lowest BCUT2D eigenvalue weighted by molar-refractivity contribution is -0.137. The van der Waals surface area contributed by atoms with Crippen molar-refractivity contribution >= 4 is 102 Å². The molecule has 8 heteroatoms. The average molecular weight is 698 g/mol. The fourth-order valence-electron chi connectivity index (χ4n) is 1.34. The molecule has 18 heavy (non-hydrogen) atoms. The molecule has 0 aliphatic carbocycles. The van der Waals surface area contributed by atoms with Crippen LogP contribution in [0.15, 0.2) is 0 Å². The largest absolute Gasteiger partial charge is 0.481 e. The first kappa shape index (κ1) is 17.1. The van der Waals surface area contributed by atoms with E-state index >= 15 is 0 Å². The summed E-state index contributed by atoms with van der Waals surface area (Å²) in [5, 5.41) is 17.8. The van der Waals surface area contributed by atoms with Gasteiger partial charge in [0.1, 0.15) is 0 Å². The van der Waals surface area contributed by atoms with Crippen LogP contribution in [0.2, 0.25) is 0 Å². The van der Waals surface area contributed by atoms with Crippen molar-refractivity contribution in [1.82, 2.24) is 0 Å². The Kier molecular flexibility index (Phi) is 6.85. The molecule has 0 aromatic heterocycles. The van der Waals surface area contributed by atoms with Gasteiger partial charge in [-0.2, -0.15) is 0 Å². The molecule has 0 bridgehead atoms. The zero-order valence-corrected chi connectivity index (χ0v) is 17.3. The van der Waals surface area contributed by atoms with Crippen molar-refractivity contribution in [3.8, 4) is 0 Å². The lowest BCUT2D eigenvalue weighted by Crippen LogP contribution is -2.12. The first-order chi connectivity index (χ1) is 8.25. The van der Waals surface area contributed by atoms with Crippen LogP contribution in [0, 0.1) is 14.3 Å². The predicted molar refractivity (Wildman–Crippen MR) is 100.0 cm³/mol. The van der Waals surface area contributed by atoms with Crippen LogP contribution in [0.4, 0.5) is 0 Å². The molecule has 98 valence electrons. The van der Waals surface area contributed by atoms with E-state index in [9.17, 15) is 9.59 Å². The van der Waals surface area contributed by atoms with Gasteiger partial charge in [-0.05, 0) is 101 Å². The van der Waals surface area contributed by atoms with Crippen molar-refractivity contribution in [1.29, 1.82) is 0 Å². The summed E-state index contributed by atoms with van der Waals surface area (Å²) >= 11 is 8.32. The van der Waals surface area contributed by atoms with Crippen LogP contribution in [-0.2, 0) is 22.4 Å². The summed E-state index contributed by atoms with van der Waals surface area (Å²) in [5.41, 5.74) is 1.51. The number of aliphatic carboxylic acids is 2. The summed E-state index contributed by atoms with van der Waals surface area (Å²) in [6.45, 7) is 0. The highest BCUT2D eigenvalue weighted by Gasteiger charge is 2.21. The van der Waals surface area contributed by atoms with E-state index in [0.717, 1.165) is 25.4 Å². The molecule has 0 spiro atoms. The monoisotopic (exact) mass is 698 g/mol. The molecule has 0 radical (unpaired) electrons. The third kappa shape index (κ3) is 4.04. The van der Waals surface area contributed by atoms with Crippen molar-refractivity contribution < 1.29 is 19.8 Å². The molecule has 2 N–H and O–H groups in total. The fourth-order valence-corrected chi connectivity index (χ4v) is 5.51. The molecule has 1 aromatic rings. The molecule has 0 fully saturated rings. The lowest BCUT2D eigenvalue weighted by Gasteiger charge is -2.14. The van der Waals surface area contributed by atoms with Gasteiger partial charge in [-0.15, -0.1) is 0 Å². The molecule has 0 saturated carbocycles. The first-order valence-electron chi connectivity index (χ1n) is 4.53. The van der Waals surface area contributed by atoms with Crippen molar-refractivity contribution in [2.75, 3.05) is 0 Å². The van der Waals surface area contributed by atoms with Crippen molar-refractivity contribution in [3.05, 3.63) is 25.4 Å². The number of benzene rings is 1. The number of hydrogen-bond acceptors (Lipinski definition) is 2. The zero-order valence-electron chi connectivity index (χ0n) is 8.64. The van der Waals surface area contributed by atoms with Crippen LogP contribution in [0.5, 0.6) is 0 Å². The van der Waals surface area contributed by atoms with E-state index in [1.165, 1.54) is 0 Å². The van der Waals surface area contributed by atoms with Gasteiger partial charge in [-0.3, -0.25) is 9.59 Å². The standard InChI is InChI=1S/C10H6I4O4/c11-7-3(1-5(15)16)8(12)10(14)4(9(7)13)2-6(17)18/h1-2H2,(H,15,16)(H,17,18). The van der Waals surface area contributed by atoms with E-state index in [2.05, 4.69) is 90.4 Å². The Morgan fingerprint density at radius 2 is 0.944 bits per heavy atom. The van der Waals surface area contributed by atoms with E-state index in [1.807, 2.05) is 0 Å². The number of halogens is 4. The Morgan fingerprint density at radius 3 is 1.11 bits per heavy atom. The van der Waals surface area contributed by atoms with E-state index in [-0.39, 0.29) is 12.8 Å². The second-order valence-electron chi connectivity index (χ2n) is 3.35. The summed E-state index contributed by atoms with van der Waals surface area (Å²) in [5.74, 6) is -1.77. The van der Waals surface area contributed by atoms with Gasteiger partial charge in [0.25, 0.3) is 0 Å². The maximum atomic E-state index is 10.9. The second kappa shape index (κ2) is 7.19. The van der Waals surface area contributed by atoms with Crippen LogP contribution >= 0.6 is 90.4 Å². The smallest absolute Gasteiger partial charge is 0.307 e. The van der Waals surface area contributed by atoms with Gasteiger partial charge < -0.3 is 10.2 Å². The molecule has 0 heterocycles. The van der Waals surface area contributed by atoms with Crippen LogP contribution in [0.25, 0.3) is 0 Å². The van der Waals surface area contributed by atoms with Gasteiger partial charge in [-0.1, -0.05) is 0 Å². The lowest BCUT2D eigenvalue weighted by atomic mass is 10.1. The summed E-state index contributed by atoms with van der Waals surface area (Å²) in [4.78, 5) is 21.7. The predicted octanol–water partition coefficient (Wildman–Crippen LogP) is 3.36. The Labute approximate surface area is 158 Å². The van der Waals surface area contributed by atoms with E-state index in [4.69, 9.17) is 10.2 Å². The van der Waals surface area contributed by atoms with E-state index < -0.39 is 11.9 Å². The highest BCUT2D eigenvalue weighted by Crippen LogP contribution is 2.33. The van der Waals surface area contributed by atoms with Crippen molar-refractivity contribution in [2.45, 2.75) is 12.8 Å². The molecular formula is C10H6I4O4. The van der Waals surface area contributed by atoms with Gasteiger partial charge in [0, 0.05) is 14.3 Å². The van der Waals surface area contributed by atoms with Crippen molar-refractivity contribution in [2.24, 2.45) is 0 Å². The van der Waals surface area contributed by atoms with Gasteiger partial charge >= 0.3 is 11.9 Å². The topological polar surface area (TPSA) is 74.6 Å². The third-order valence-electron chi connectivity index (χ3n) is 2.10. The SMILES string of the molecule is O=C(O)Cc1c(I)c(I)c(CC(=O)O)c(I)c1I. The van der Waals surface area contributed by atoms with Gasteiger partial charge in [0.15, 0.2) is 0 Å². The maximum Gasteiger partial charge on any atom is 0.307 e. The van der Waals surface area contributed by atoms with Crippen LogP contribution in [0.3, 0.4) is 0 Å². The molecule has 1 aromatic carbocycles. The summed E-state index contributed by atoms with van der Waals surface area (Å²) in [6.07, 6.45) is -0.0915. The third-order valence-corrected chi connectivity index (χ3v) is 8.93. The molecule has 0 unspecified atom stereocenters. The van der Waals surface area contributed by atoms with E-state index in [1.54, 1.807) is 0 Å². The van der Waals surface area contributed by atoms with Crippen molar-refractivity contribution in [3.63, 3.8) is 0 Å². The minimum absolute atomic E-state index is 0.0457. The Bertz CT molecular complexity index is 451. The molecule has 0 atom stereocenters. The number of carboxylic acids is 2. The van der Waals surface area contributed by atoms with Gasteiger partial charge in [0.2, 0.25) is 0 Å². The molecule has 0 saturated heterocycles. The quantitative estimate of drug-likeness (QED) is 0.374. The van der Waals surface area contributed by atoms with Crippen LogP contribution in [0.1, 0.15) is 11.1 Å². The molecular weight excluding hydrogens is 692 g/mol. The minimum Gasteiger partial charge on any atom is -0.481 e. The highest BCUT2D eigenvalue weighted by atomic mass is 127. The number of carbonyl (C=O) groups is 2. The minimum atomic E-state index is -0.886. The summed E-state index contributed by atoms with van der Waals surface area (Å²) in [6, 6.07) is 0. The zero-order chi connectivity index (χ0) is 14.0. The highest BCUT2D eigenvalue weighted by molar-refractivity contribution is 14.1. The van der Waals surface area contributed by atoms with E-state index in [0.29, 0.717) is 0 Å². The van der Waals surface area contributed by atoms with Gasteiger partial charge in [-0.25, -0.2) is 0 Å². The molecule has 0 amide bonds. The fraction of sp³-hybridized carbons (Fsp3) is 0.200. The Morgan fingerprint density at radius 1 is 0.722 bits per heavy atom. The second-order valence-corrected chi connectivity index (χ2v) is 7.67. The number of rotatable bonds is 4. The van der Waals surface area contributed by atoms with Gasteiger partial charge in [0.05, 0.1) is 12.8 Å². The van der Waals surface area contributed by atoms with Crippen LogP contribution in [-0.4, -0.2) is 22.2 Å². The number of carboxylic acid groups (broad SMARTS) is 2. The average Bonchev–Trinajstić information content (AvgIpc) is 2.27. The first-order valence-corrected chi connectivity index (χ1v) is 8.84. The maximum absolute atomic E-state index is 10.9. The molecule has 1 rings (SSSR count). The molecule has 0 aliphatic heterocycles. The number of hydrogen-bond donors (Lipinski definition) is 2. The Balaban J connectivity index is 3.44. The molecule has 4 nitrogen and oxygen atoms in total. The van der Waals surface area contributed by atoms with Crippen LogP contribution < -0.4 is 0 Å². The molecule has 0 aliphatic rings. The normalized spacial score (nSPS) is 10.4. The summed E-state index contributed by atoms with van der Waals surface area (Å²) < 4.78 is 3.32. The summed E-state index contributed by atoms with van der Waals surface area (Å²) in [7, 11) is 0. The Hall–Kier alpha value is 1.08.